The van der Waals surface area contributed by atoms with Crippen LogP contribution in [0.3, 0.4) is 0 Å². The van der Waals surface area contributed by atoms with Crippen LogP contribution < -0.4 is 15.4 Å². The molecule has 1 aliphatic rings. The standard InChI is InChI=1S/C24H22FN3O4S/c1-15-6-13-19(33(31,32)28-18-9-7-16(25)8-10-18)14-21(15)24(30)27-22-5-3-2-4-20(22)23(29)26-17-11-12-17/h2-10,13-14,17,28H,11-12H2,1H3,(H,26,29)(H,27,30). The van der Waals surface area contributed by atoms with Gasteiger partial charge in [0, 0.05) is 17.3 Å². The molecule has 3 aromatic rings. The minimum absolute atomic E-state index is 0.123. The molecule has 7 nitrogen and oxygen atoms in total. The Kier molecular flexibility index (Phi) is 6.15. The third kappa shape index (κ3) is 5.38. The van der Waals surface area contributed by atoms with Gasteiger partial charge in [-0.15, -0.1) is 0 Å². The highest BCUT2D eigenvalue weighted by Crippen LogP contribution is 2.24. The van der Waals surface area contributed by atoms with E-state index in [9.17, 15) is 22.4 Å². The zero-order chi connectivity index (χ0) is 23.6. The lowest BCUT2D eigenvalue weighted by Crippen LogP contribution is -2.27. The fourth-order valence-corrected chi connectivity index (χ4v) is 4.30. The van der Waals surface area contributed by atoms with Gasteiger partial charge in [-0.25, -0.2) is 12.8 Å². The lowest BCUT2D eigenvalue weighted by Gasteiger charge is -2.14. The van der Waals surface area contributed by atoms with E-state index in [-0.39, 0.29) is 28.1 Å². The number of rotatable bonds is 7. The van der Waals surface area contributed by atoms with Crippen molar-refractivity contribution in [3.8, 4) is 0 Å². The summed E-state index contributed by atoms with van der Waals surface area (Å²) in [5.74, 6) is -1.30. The molecule has 3 aromatic carbocycles. The predicted octanol–water partition coefficient (Wildman–Crippen LogP) is 4.08. The molecule has 3 N–H and O–H groups in total. The number of benzene rings is 3. The van der Waals surface area contributed by atoms with Crippen molar-refractivity contribution in [1.29, 1.82) is 0 Å². The summed E-state index contributed by atoms with van der Waals surface area (Å²) in [6.07, 6.45) is 1.87. The first-order valence-corrected chi connectivity index (χ1v) is 11.8. The summed E-state index contributed by atoms with van der Waals surface area (Å²) in [6.45, 7) is 1.68. The van der Waals surface area contributed by atoms with Crippen LogP contribution in [-0.4, -0.2) is 26.3 Å². The molecule has 170 valence electrons. The van der Waals surface area contributed by atoms with Gasteiger partial charge in [0.25, 0.3) is 21.8 Å². The van der Waals surface area contributed by atoms with Crippen molar-refractivity contribution in [2.75, 3.05) is 10.0 Å². The normalized spacial score (nSPS) is 13.3. The Balaban J connectivity index is 1.57. The van der Waals surface area contributed by atoms with E-state index in [1.54, 1.807) is 31.2 Å². The number of para-hydroxylation sites is 1. The molecule has 0 saturated heterocycles. The first-order valence-electron chi connectivity index (χ1n) is 10.3. The van der Waals surface area contributed by atoms with Crippen molar-refractivity contribution in [3.05, 3.63) is 89.2 Å². The molecule has 4 rings (SSSR count). The topological polar surface area (TPSA) is 104 Å². The van der Waals surface area contributed by atoms with Crippen LogP contribution in [0.4, 0.5) is 15.8 Å². The van der Waals surface area contributed by atoms with Gasteiger partial charge < -0.3 is 10.6 Å². The zero-order valence-corrected chi connectivity index (χ0v) is 18.6. The minimum atomic E-state index is -4.02. The summed E-state index contributed by atoms with van der Waals surface area (Å²) in [4.78, 5) is 25.4. The molecule has 0 unspecified atom stereocenters. The molecule has 1 saturated carbocycles. The van der Waals surface area contributed by atoms with Crippen LogP contribution in [0.25, 0.3) is 0 Å². The quantitative estimate of drug-likeness (QED) is 0.487. The van der Waals surface area contributed by atoms with Crippen molar-refractivity contribution in [2.24, 2.45) is 0 Å². The number of hydrogen-bond acceptors (Lipinski definition) is 4. The molecule has 0 aliphatic heterocycles. The summed E-state index contributed by atoms with van der Waals surface area (Å²) in [6, 6.07) is 15.9. The van der Waals surface area contributed by atoms with Gasteiger partial charge >= 0.3 is 0 Å². The first-order chi connectivity index (χ1) is 15.7. The molecular formula is C24H22FN3O4S. The highest BCUT2D eigenvalue weighted by Gasteiger charge is 2.25. The average Bonchev–Trinajstić information content (AvgIpc) is 3.59. The summed E-state index contributed by atoms with van der Waals surface area (Å²) >= 11 is 0. The van der Waals surface area contributed by atoms with E-state index in [0.717, 1.165) is 25.0 Å². The predicted molar refractivity (Wildman–Crippen MR) is 123 cm³/mol. The number of anilines is 2. The van der Waals surface area contributed by atoms with Gasteiger partial charge in [-0.2, -0.15) is 0 Å². The Morgan fingerprint density at radius 2 is 1.61 bits per heavy atom. The molecular weight excluding hydrogens is 445 g/mol. The maximum Gasteiger partial charge on any atom is 0.261 e. The largest absolute Gasteiger partial charge is 0.349 e. The second kappa shape index (κ2) is 9.03. The Hall–Kier alpha value is -3.72. The molecule has 1 fully saturated rings. The lowest BCUT2D eigenvalue weighted by molar-refractivity contribution is 0.0952. The van der Waals surface area contributed by atoms with Crippen LogP contribution in [-0.2, 0) is 10.0 Å². The first kappa shape index (κ1) is 22.5. The maximum atomic E-state index is 13.1. The lowest BCUT2D eigenvalue weighted by atomic mass is 10.1. The van der Waals surface area contributed by atoms with Crippen molar-refractivity contribution < 1.29 is 22.4 Å². The monoisotopic (exact) mass is 467 g/mol. The third-order valence-corrected chi connectivity index (χ3v) is 6.57. The zero-order valence-electron chi connectivity index (χ0n) is 17.8. The number of nitrogens with one attached hydrogen (secondary N) is 3. The Morgan fingerprint density at radius 1 is 0.909 bits per heavy atom. The number of aryl methyl sites for hydroxylation is 1. The van der Waals surface area contributed by atoms with Crippen molar-refractivity contribution in [3.63, 3.8) is 0 Å². The molecule has 0 bridgehead atoms. The highest BCUT2D eigenvalue weighted by molar-refractivity contribution is 7.92. The van der Waals surface area contributed by atoms with Gasteiger partial charge in [-0.3, -0.25) is 14.3 Å². The van der Waals surface area contributed by atoms with Gasteiger partial charge in [0.2, 0.25) is 0 Å². The SMILES string of the molecule is Cc1ccc(S(=O)(=O)Nc2ccc(F)cc2)cc1C(=O)Nc1ccccc1C(=O)NC1CC1. The molecule has 0 heterocycles. The number of sulfonamides is 1. The van der Waals surface area contributed by atoms with Crippen LogP contribution in [0.15, 0.2) is 71.6 Å². The second-order valence-corrected chi connectivity index (χ2v) is 9.52. The number of hydrogen-bond donors (Lipinski definition) is 3. The molecule has 33 heavy (non-hydrogen) atoms. The molecule has 0 radical (unpaired) electrons. The Morgan fingerprint density at radius 3 is 2.30 bits per heavy atom. The second-order valence-electron chi connectivity index (χ2n) is 7.84. The number of amides is 2. The Bertz CT molecular complexity index is 1320. The fraction of sp³-hybridized carbons (Fsp3) is 0.167. The summed E-state index contributed by atoms with van der Waals surface area (Å²) < 4.78 is 41.1. The molecule has 0 spiro atoms. The maximum absolute atomic E-state index is 13.1. The van der Waals surface area contributed by atoms with Crippen LogP contribution in [0.5, 0.6) is 0 Å². The van der Waals surface area contributed by atoms with Crippen LogP contribution >= 0.6 is 0 Å². The molecule has 0 atom stereocenters. The summed E-state index contributed by atoms with van der Waals surface area (Å²) in [5.41, 5.74) is 1.57. The Labute approximate surface area is 191 Å². The van der Waals surface area contributed by atoms with Gasteiger partial charge in [0.1, 0.15) is 5.82 Å². The number of halogens is 1. The van der Waals surface area contributed by atoms with Crippen LogP contribution in [0.2, 0.25) is 0 Å². The van der Waals surface area contributed by atoms with Crippen LogP contribution in [0, 0.1) is 12.7 Å². The number of carbonyl (C=O) groups excluding carboxylic acids is 2. The smallest absolute Gasteiger partial charge is 0.261 e. The highest BCUT2D eigenvalue weighted by atomic mass is 32.2. The van der Waals surface area contributed by atoms with Crippen molar-refractivity contribution >= 4 is 33.2 Å². The molecule has 2 amide bonds. The van der Waals surface area contributed by atoms with Crippen LogP contribution in [0.1, 0.15) is 39.1 Å². The van der Waals surface area contributed by atoms with E-state index in [2.05, 4.69) is 15.4 Å². The summed E-state index contributed by atoms with van der Waals surface area (Å²) in [7, 11) is -4.02. The molecule has 1 aliphatic carbocycles. The van der Waals surface area contributed by atoms with Gasteiger partial charge in [0.05, 0.1) is 16.1 Å². The summed E-state index contributed by atoms with van der Waals surface area (Å²) in [5, 5.41) is 5.61. The minimum Gasteiger partial charge on any atom is -0.349 e. The van der Waals surface area contributed by atoms with E-state index in [4.69, 9.17) is 0 Å². The molecule has 0 aromatic heterocycles. The van der Waals surface area contributed by atoms with E-state index in [1.165, 1.54) is 30.3 Å². The number of carbonyl (C=O) groups is 2. The van der Waals surface area contributed by atoms with Gasteiger partial charge in [-0.1, -0.05) is 18.2 Å². The molecule has 9 heteroatoms. The van der Waals surface area contributed by atoms with E-state index >= 15 is 0 Å². The van der Waals surface area contributed by atoms with Gasteiger partial charge in [-0.05, 0) is 73.9 Å². The average molecular weight is 468 g/mol. The van der Waals surface area contributed by atoms with E-state index in [0.29, 0.717) is 16.8 Å². The third-order valence-electron chi connectivity index (χ3n) is 5.19. The van der Waals surface area contributed by atoms with Crippen molar-refractivity contribution in [2.45, 2.75) is 30.7 Å². The van der Waals surface area contributed by atoms with Gasteiger partial charge in [0.15, 0.2) is 0 Å². The van der Waals surface area contributed by atoms with Crippen molar-refractivity contribution in [1.82, 2.24) is 5.32 Å². The van der Waals surface area contributed by atoms with E-state index in [1.807, 2.05) is 0 Å². The fourth-order valence-electron chi connectivity index (χ4n) is 3.22. The van der Waals surface area contributed by atoms with E-state index < -0.39 is 21.7 Å².